The van der Waals surface area contributed by atoms with Gasteiger partial charge in [-0.05, 0) is 43.0 Å². The Balaban J connectivity index is 1.76. The van der Waals surface area contributed by atoms with Crippen molar-refractivity contribution in [3.05, 3.63) is 41.3 Å². The fourth-order valence-corrected chi connectivity index (χ4v) is 3.25. The summed E-state index contributed by atoms with van der Waals surface area (Å²) in [6.07, 6.45) is 1.29. The van der Waals surface area contributed by atoms with E-state index >= 15 is 0 Å². The lowest BCUT2D eigenvalue weighted by Gasteiger charge is -2.16. The lowest BCUT2D eigenvalue weighted by atomic mass is 10.00. The number of fused-ring (bicyclic) bond motifs is 1. The molecule has 0 aliphatic carbocycles. The molecule has 1 aliphatic rings. The molecule has 4 nitrogen and oxygen atoms in total. The first-order chi connectivity index (χ1) is 11.1. The minimum atomic E-state index is -0.275. The van der Waals surface area contributed by atoms with Crippen LogP contribution < -0.4 is 0 Å². The molecular weight excluding hydrogens is 295 g/mol. The number of methoxy groups -OCH3 is 1. The summed E-state index contributed by atoms with van der Waals surface area (Å²) in [7, 11) is 1.64. The zero-order chi connectivity index (χ0) is 16.4. The summed E-state index contributed by atoms with van der Waals surface area (Å²) in [5.41, 5.74) is 2.69. The van der Waals surface area contributed by atoms with Crippen molar-refractivity contribution in [2.24, 2.45) is 5.92 Å². The van der Waals surface area contributed by atoms with Gasteiger partial charge < -0.3 is 9.64 Å². The van der Waals surface area contributed by atoms with E-state index in [9.17, 15) is 9.18 Å². The van der Waals surface area contributed by atoms with E-state index in [1.807, 2.05) is 17.9 Å². The van der Waals surface area contributed by atoms with E-state index in [0.717, 1.165) is 29.6 Å². The third-order valence-electron chi connectivity index (χ3n) is 4.39. The van der Waals surface area contributed by atoms with E-state index in [2.05, 4.69) is 4.98 Å². The van der Waals surface area contributed by atoms with Gasteiger partial charge in [0.2, 0.25) is 5.91 Å². The van der Waals surface area contributed by atoms with Gasteiger partial charge in [-0.25, -0.2) is 4.39 Å². The molecule has 122 valence electrons. The highest BCUT2D eigenvalue weighted by molar-refractivity contribution is 5.82. The summed E-state index contributed by atoms with van der Waals surface area (Å²) in [6.45, 7) is 3.95. The number of halogens is 1. The Morgan fingerprint density at radius 3 is 3.00 bits per heavy atom. The third-order valence-corrected chi connectivity index (χ3v) is 4.39. The first-order valence-electron chi connectivity index (χ1n) is 7.89. The van der Waals surface area contributed by atoms with Crippen LogP contribution in [0, 0.1) is 18.7 Å². The van der Waals surface area contributed by atoms with E-state index < -0.39 is 0 Å². The van der Waals surface area contributed by atoms with E-state index in [1.54, 1.807) is 13.2 Å². The van der Waals surface area contributed by atoms with Gasteiger partial charge in [-0.1, -0.05) is 0 Å². The smallest absolute Gasteiger partial charge is 0.223 e. The quantitative estimate of drug-likeness (QED) is 0.852. The first-order valence-corrected chi connectivity index (χ1v) is 7.89. The predicted octanol–water partition coefficient (Wildman–Crippen LogP) is 2.72. The van der Waals surface area contributed by atoms with Gasteiger partial charge in [-0.3, -0.25) is 9.78 Å². The molecule has 0 bridgehead atoms. The summed E-state index contributed by atoms with van der Waals surface area (Å²) in [5.74, 6) is 0.163. The van der Waals surface area contributed by atoms with Crippen molar-refractivity contribution in [1.29, 1.82) is 0 Å². The van der Waals surface area contributed by atoms with Crippen molar-refractivity contribution >= 4 is 16.8 Å². The molecule has 1 saturated heterocycles. The fourth-order valence-electron chi connectivity index (χ4n) is 3.25. The fraction of sp³-hybridized carbons (Fsp3) is 0.444. The van der Waals surface area contributed by atoms with Crippen LogP contribution in [-0.4, -0.2) is 42.6 Å². The van der Waals surface area contributed by atoms with Crippen molar-refractivity contribution in [2.45, 2.75) is 19.8 Å². The number of aryl methyl sites for hydroxylation is 1. The van der Waals surface area contributed by atoms with Crippen LogP contribution in [-0.2, 0) is 16.0 Å². The second-order valence-electron chi connectivity index (χ2n) is 6.20. The van der Waals surface area contributed by atoms with E-state index in [-0.39, 0.29) is 17.6 Å². The van der Waals surface area contributed by atoms with Crippen molar-refractivity contribution in [3.63, 3.8) is 0 Å². The van der Waals surface area contributed by atoms with Crippen LogP contribution in [0.3, 0.4) is 0 Å². The summed E-state index contributed by atoms with van der Waals surface area (Å²) in [6, 6.07) is 6.74. The van der Waals surface area contributed by atoms with Gasteiger partial charge in [0.15, 0.2) is 0 Å². The Morgan fingerprint density at radius 2 is 2.22 bits per heavy atom. The van der Waals surface area contributed by atoms with Gasteiger partial charge in [0.1, 0.15) is 5.82 Å². The Hall–Kier alpha value is -2.01. The van der Waals surface area contributed by atoms with Crippen LogP contribution in [0.4, 0.5) is 4.39 Å². The van der Waals surface area contributed by atoms with Gasteiger partial charge in [-0.2, -0.15) is 0 Å². The van der Waals surface area contributed by atoms with Crippen LogP contribution in [0.1, 0.15) is 17.7 Å². The molecule has 2 heterocycles. The number of pyridine rings is 1. The van der Waals surface area contributed by atoms with E-state index in [4.69, 9.17) is 4.74 Å². The Labute approximate surface area is 135 Å². The molecule has 0 spiro atoms. The number of aromatic nitrogens is 1. The van der Waals surface area contributed by atoms with Gasteiger partial charge in [0, 0.05) is 43.8 Å². The molecule has 0 N–H and O–H groups in total. The monoisotopic (exact) mass is 316 g/mol. The molecule has 1 amide bonds. The largest absolute Gasteiger partial charge is 0.383 e. The molecule has 3 rings (SSSR count). The number of carbonyl (C=O) groups is 1. The van der Waals surface area contributed by atoms with Crippen LogP contribution in [0.2, 0.25) is 0 Å². The summed E-state index contributed by atoms with van der Waals surface area (Å²) < 4.78 is 18.5. The second-order valence-corrected chi connectivity index (χ2v) is 6.20. The molecule has 1 fully saturated rings. The average molecular weight is 316 g/mol. The molecule has 0 radical (unpaired) electrons. The molecule has 0 saturated carbocycles. The molecular formula is C18H21FN2O2. The second kappa shape index (κ2) is 6.62. The van der Waals surface area contributed by atoms with Gasteiger partial charge in [0.05, 0.1) is 12.1 Å². The number of carbonyl (C=O) groups excluding carboxylic acids is 1. The van der Waals surface area contributed by atoms with Crippen molar-refractivity contribution < 1.29 is 13.9 Å². The lowest BCUT2D eigenvalue weighted by Crippen LogP contribution is -2.29. The number of likely N-dealkylation sites (tertiary alicyclic amines) is 1. The van der Waals surface area contributed by atoms with Crippen molar-refractivity contribution in [2.75, 3.05) is 26.8 Å². The van der Waals surface area contributed by atoms with Gasteiger partial charge in [0.25, 0.3) is 0 Å². The van der Waals surface area contributed by atoms with Crippen LogP contribution in [0.5, 0.6) is 0 Å². The normalized spacial score (nSPS) is 18.1. The molecule has 0 unspecified atom stereocenters. The molecule has 2 aromatic rings. The Kier molecular flexibility index (Phi) is 4.57. The molecule has 1 atom stereocenters. The molecule has 1 aromatic heterocycles. The molecule has 1 aliphatic heterocycles. The van der Waals surface area contributed by atoms with Crippen LogP contribution in [0.25, 0.3) is 10.9 Å². The number of hydrogen-bond donors (Lipinski definition) is 0. The van der Waals surface area contributed by atoms with Crippen molar-refractivity contribution in [3.8, 4) is 0 Å². The summed E-state index contributed by atoms with van der Waals surface area (Å²) in [5, 5.41) is 0.972. The minimum Gasteiger partial charge on any atom is -0.383 e. The van der Waals surface area contributed by atoms with E-state index in [1.165, 1.54) is 12.1 Å². The highest BCUT2D eigenvalue weighted by atomic mass is 19.1. The average Bonchev–Trinajstić information content (AvgIpc) is 2.84. The maximum Gasteiger partial charge on any atom is 0.223 e. The minimum absolute atomic E-state index is 0.176. The first kappa shape index (κ1) is 15.9. The van der Waals surface area contributed by atoms with Crippen LogP contribution >= 0.6 is 0 Å². The third kappa shape index (κ3) is 3.50. The highest BCUT2D eigenvalue weighted by Crippen LogP contribution is 2.24. The predicted molar refractivity (Wildman–Crippen MR) is 86.7 cm³/mol. The van der Waals surface area contributed by atoms with Gasteiger partial charge >= 0.3 is 0 Å². The molecule has 23 heavy (non-hydrogen) atoms. The highest BCUT2D eigenvalue weighted by Gasteiger charge is 2.29. The Bertz CT molecular complexity index is 732. The zero-order valence-corrected chi connectivity index (χ0v) is 13.5. The van der Waals surface area contributed by atoms with Gasteiger partial charge in [-0.15, -0.1) is 0 Å². The number of rotatable bonds is 5. The van der Waals surface area contributed by atoms with E-state index in [0.29, 0.717) is 25.1 Å². The summed E-state index contributed by atoms with van der Waals surface area (Å²) >= 11 is 0. The number of amides is 1. The SMILES string of the molecule is COCCN1C[C@@H](Cc2cc(C)c3ccc(F)cc3n2)CC1=O. The maximum atomic E-state index is 13.4. The number of hydrogen-bond acceptors (Lipinski definition) is 3. The molecule has 1 aromatic carbocycles. The lowest BCUT2D eigenvalue weighted by molar-refractivity contribution is -0.128. The molecule has 5 heteroatoms. The van der Waals surface area contributed by atoms with Crippen molar-refractivity contribution in [1.82, 2.24) is 9.88 Å². The topological polar surface area (TPSA) is 42.4 Å². The van der Waals surface area contributed by atoms with Crippen LogP contribution in [0.15, 0.2) is 24.3 Å². The number of benzene rings is 1. The number of nitrogens with zero attached hydrogens (tertiary/aromatic N) is 2. The standard InChI is InChI=1S/C18H21FN2O2/c1-12-7-15(20-17-10-14(19)3-4-16(12)17)8-13-9-18(22)21(11-13)5-6-23-2/h3-4,7,10,13H,5-6,8-9,11H2,1-2H3/t13-/m0/s1. The number of ether oxygens (including phenoxy) is 1. The Morgan fingerprint density at radius 1 is 1.39 bits per heavy atom. The summed E-state index contributed by atoms with van der Waals surface area (Å²) in [4.78, 5) is 18.4. The maximum absolute atomic E-state index is 13.4. The zero-order valence-electron chi connectivity index (χ0n) is 13.5.